The van der Waals surface area contributed by atoms with Crippen molar-refractivity contribution in [2.45, 2.75) is 32.4 Å². The molecule has 0 saturated carbocycles. The lowest BCUT2D eigenvalue weighted by atomic mass is 9.95. The first-order valence-electron chi connectivity index (χ1n) is 5.39. The average molecular weight is 223 g/mol. The molecule has 0 aliphatic carbocycles. The molecule has 0 fully saturated rings. The first-order valence-corrected chi connectivity index (χ1v) is 5.39. The second-order valence-electron chi connectivity index (χ2n) is 4.79. The third kappa shape index (κ3) is 4.21. The standard InChI is InChI=1S/C13H21NO2/c1-13(2,14)8-10-5-11(9-15-3)7-12(6-10)16-4/h5-7H,8-9,14H2,1-4H3. The highest BCUT2D eigenvalue weighted by atomic mass is 16.5. The number of ether oxygens (including phenoxy) is 2. The van der Waals surface area contributed by atoms with Crippen molar-refractivity contribution in [2.75, 3.05) is 14.2 Å². The van der Waals surface area contributed by atoms with Crippen molar-refractivity contribution in [1.29, 1.82) is 0 Å². The van der Waals surface area contributed by atoms with Crippen molar-refractivity contribution >= 4 is 0 Å². The molecule has 0 bridgehead atoms. The average Bonchev–Trinajstić information content (AvgIpc) is 2.15. The highest BCUT2D eigenvalue weighted by molar-refractivity contribution is 5.35. The van der Waals surface area contributed by atoms with E-state index in [1.807, 2.05) is 26.0 Å². The van der Waals surface area contributed by atoms with E-state index in [-0.39, 0.29) is 5.54 Å². The van der Waals surface area contributed by atoms with E-state index in [4.69, 9.17) is 15.2 Å². The second-order valence-corrected chi connectivity index (χ2v) is 4.79. The zero-order valence-corrected chi connectivity index (χ0v) is 10.5. The van der Waals surface area contributed by atoms with Crippen LogP contribution in [0.1, 0.15) is 25.0 Å². The third-order valence-corrected chi connectivity index (χ3v) is 2.23. The molecule has 0 unspecified atom stereocenters. The molecule has 0 aliphatic rings. The maximum atomic E-state index is 6.01. The van der Waals surface area contributed by atoms with Crippen molar-refractivity contribution in [3.8, 4) is 5.75 Å². The highest BCUT2D eigenvalue weighted by Gasteiger charge is 2.13. The smallest absolute Gasteiger partial charge is 0.119 e. The third-order valence-electron chi connectivity index (χ3n) is 2.23. The summed E-state index contributed by atoms with van der Waals surface area (Å²) in [5.41, 5.74) is 8.09. The largest absolute Gasteiger partial charge is 0.497 e. The lowest BCUT2D eigenvalue weighted by Crippen LogP contribution is -2.34. The van der Waals surface area contributed by atoms with Crippen molar-refractivity contribution < 1.29 is 9.47 Å². The van der Waals surface area contributed by atoms with Gasteiger partial charge >= 0.3 is 0 Å². The van der Waals surface area contributed by atoms with E-state index in [0.717, 1.165) is 17.7 Å². The minimum atomic E-state index is -0.212. The van der Waals surface area contributed by atoms with Gasteiger partial charge in [-0.3, -0.25) is 0 Å². The first kappa shape index (κ1) is 13.0. The minimum Gasteiger partial charge on any atom is -0.497 e. The van der Waals surface area contributed by atoms with Gasteiger partial charge in [-0.15, -0.1) is 0 Å². The number of hydrogen-bond acceptors (Lipinski definition) is 3. The SMILES string of the molecule is COCc1cc(CC(C)(C)N)cc(OC)c1. The Balaban J connectivity index is 2.95. The van der Waals surface area contributed by atoms with E-state index >= 15 is 0 Å². The molecule has 2 N–H and O–H groups in total. The molecule has 3 nitrogen and oxygen atoms in total. The van der Waals surface area contributed by atoms with Crippen LogP contribution in [0.15, 0.2) is 18.2 Å². The number of methoxy groups -OCH3 is 2. The van der Waals surface area contributed by atoms with Crippen LogP contribution in [-0.4, -0.2) is 19.8 Å². The number of rotatable bonds is 5. The van der Waals surface area contributed by atoms with E-state index in [1.165, 1.54) is 5.56 Å². The lowest BCUT2D eigenvalue weighted by Gasteiger charge is -2.19. The van der Waals surface area contributed by atoms with Gasteiger partial charge in [-0.1, -0.05) is 6.07 Å². The fourth-order valence-electron chi connectivity index (χ4n) is 1.72. The van der Waals surface area contributed by atoms with Gasteiger partial charge in [-0.2, -0.15) is 0 Å². The maximum Gasteiger partial charge on any atom is 0.119 e. The Bertz CT molecular complexity index is 342. The Morgan fingerprint density at radius 1 is 1.12 bits per heavy atom. The predicted molar refractivity (Wildman–Crippen MR) is 65.7 cm³/mol. The van der Waals surface area contributed by atoms with Crippen LogP contribution in [0.25, 0.3) is 0 Å². The van der Waals surface area contributed by atoms with E-state index in [9.17, 15) is 0 Å². The molecule has 0 saturated heterocycles. The molecular weight excluding hydrogens is 202 g/mol. The van der Waals surface area contributed by atoms with E-state index in [1.54, 1.807) is 14.2 Å². The van der Waals surface area contributed by atoms with Crippen molar-refractivity contribution in [1.82, 2.24) is 0 Å². The van der Waals surface area contributed by atoms with Crippen molar-refractivity contribution in [2.24, 2.45) is 5.73 Å². The molecule has 0 spiro atoms. The Kier molecular flexibility index (Phi) is 4.33. The zero-order chi connectivity index (χ0) is 12.2. The van der Waals surface area contributed by atoms with Crippen LogP contribution in [-0.2, 0) is 17.8 Å². The van der Waals surface area contributed by atoms with Crippen LogP contribution in [0.2, 0.25) is 0 Å². The Morgan fingerprint density at radius 2 is 1.75 bits per heavy atom. The number of hydrogen-bond donors (Lipinski definition) is 1. The number of nitrogens with two attached hydrogens (primary N) is 1. The predicted octanol–water partition coefficient (Wildman–Crippen LogP) is 2.12. The van der Waals surface area contributed by atoms with Crippen LogP contribution < -0.4 is 10.5 Å². The molecule has 0 radical (unpaired) electrons. The fraction of sp³-hybridized carbons (Fsp3) is 0.538. The zero-order valence-electron chi connectivity index (χ0n) is 10.5. The summed E-state index contributed by atoms with van der Waals surface area (Å²) in [6, 6.07) is 6.12. The van der Waals surface area contributed by atoms with E-state index in [0.29, 0.717) is 6.61 Å². The molecule has 90 valence electrons. The van der Waals surface area contributed by atoms with Crippen molar-refractivity contribution in [3.63, 3.8) is 0 Å². The molecule has 0 aromatic heterocycles. The van der Waals surface area contributed by atoms with Gasteiger partial charge in [0.1, 0.15) is 5.75 Å². The molecule has 0 heterocycles. The van der Waals surface area contributed by atoms with Gasteiger partial charge in [0.05, 0.1) is 13.7 Å². The summed E-state index contributed by atoms with van der Waals surface area (Å²) in [6.07, 6.45) is 0.820. The summed E-state index contributed by atoms with van der Waals surface area (Å²) >= 11 is 0. The Labute approximate surface area is 97.6 Å². The summed E-state index contributed by atoms with van der Waals surface area (Å²) in [6.45, 7) is 4.63. The molecule has 3 heteroatoms. The van der Waals surface area contributed by atoms with Crippen LogP contribution in [0.3, 0.4) is 0 Å². The molecule has 0 aliphatic heterocycles. The summed E-state index contributed by atoms with van der Waals surface area (Å²) < 4.78 is 10.4. The quantitative estimate of drug-likeness (QED) is 0.831. The topological polar surface area (TPSA) is 44.5 Å². The van der Waals surface area contributed by atoms with Gasteiger partial charge in [0.15, 0.2) is 0 Å². The highest BCUT2D eigenvalue weighted by Crippen LogP contribution is 2.20. The summed E-state index contributed by atoms with van der Waals surface area (Å²) in [4.78, 5) is 0. The van der Waals surface area contributed by atoms with E-state index in [2.05, 4.69) is 6.07 Å². The van der Waals surface area contributed by atoms with Gasteiger partial charge in [-0.05, 0) is 43.5 Å². The Hall–Kier alpha value is -1.06. The summed E-state index contributed by atoms with van der Waals surface area (Å²) in [5.74, 6) is 0.855. The van der Waals surface area contributed by atoms with Crippen LogP contribution in [0, 0.1) is 0 Å². The van der Waals surface area contributed by atoms with Crippen molar-refractivity contribution in [3.05, 3.63) is 29.3 Å². The van der Waals surface area contributed by atoms with Crippen LogP contribution >= 0.6 is 0 Å². The normalized spacial score (nSPS) is 11.6. The molecule has 0 amide bonds. The molecule has 1 rings (SSSR count). The first-order chi connectivity index (χ1) is 7.44. The molecule has 1 aromatic rings. The second kappa shape index (κ2) is 5.32. The number of benzene rings is 1. The van der Waals surface area contributed by atoms with Crippen LogP contribution in [0.5, 0.6) is 5.75 Å². The summed E-state index contributed by atoms with van der Waals surface area (Å²) in [7, 11) is 3.36. The minimum absolute atomic E-state index is 0.212. The molecule has 0 atom stereocenters. The molecule has 1 aromatic carbocycles. The molecule has 16 heavy (non-hydrogen) atoms. The maximum absolute atomic E-state index is 6.01. The van der Waals surface area contributed by atoms with Gasteiger partial charge < -0.3 is 15.2 Å². The van der Waals surface area contributed by atoms with E-state index < -0.39 is 0 Å². The Morgan fingerprint density at radius 3 is 2.25 bits per heavy atom. The van der Waals surface area contributed by atoms with Gasteiger partial charge in [0, 0.05) is 12.6 Å². The van der Waals surface area contributed by atoms with Gasteiger partial charge in [-0.25, -0.2) is 0 Å². The van der Waals surface area contributed by atoms with Crippen LogP contribution in [0.4, 0.5) is 0 Å². The summed E-state index contributed by atoms with van der Waals surface area (Å²) in [5, 5.41) is 0. The lowest BCUT2D eigenvalue weighted by molar-refractivity contribution is 0.184. The monoisotopic (exact) mass is 223 g/mol. The van der Waals surface area contributed by atoms with Gasteiger partial charge in [0.25, 0.3) is 0 Å². The fourth-order valence-corrected chi connectivity index (χ4v) is 1.72. The van der Waals surface area contributed by atoms with Gasteiger partial charge in [0.2, 0.25) is 0 Å². The molecular formula is C13H21NO2.